The molecule has 152 valence electrons. The van der Waals surface area contributed by atoms with E-state index in [0.717, 1.165) is 39.9 Å². The molecule has 0 spiro atoms. The van der Waals surface area contributed by atoms with Crippen LogP contribution >= 0.6 is 0 Å². The summed E-state index contributed by atoms with van der Waals surface area (Å²) in [6.45, 7) is 7.04. The molecule has 1 heterocycles. The highest BCUT2D eigenvalue weighted by atomic mass is 16.5. The van der Waals surface area contributed by atoms with E-state index < -0.39 is 0 Å². The summed E-state index contributed by atoms with van der Waals surface area (Å²) in [4.78, 5) is 13.5. The minimum absolute atomic E-state index is 0.00661. The minimum atomic E-state index is -0.0385. The highest BCUT2D eigenvalue weighted by Crippen LogP contribution is 2.51. The Kier molecular flexibility index (Phi) is 4.43. The first-order chi connectivity index (χ1) is 14.5. The zero-order chi connectivity index (χ0) is 20.9. The fourth-order valence-electron chi connectivity index (χ4n) is 5.03. The molecule has 5 rings (SSSR count). The molecule has 0 aromatic heterocycles. The van der Waals surface area contributed by atoms with Crippen LogP contribution < -0.4 is 10.1 Å². The van der Waals surface area contributed by atoms with Crippen LogP contribution in [0.4, 0.5) is 5.69 Å². The van der Waals surface area contributed by atoms with Gasteiger partial charge in [0.25, 0.3) is 0 Å². The third kappa shape index (κ3) is 3.09. The van der Waals surface area contributed by atoms with Crippen LogP contribution in [0.2, 0.25) is 0 Å². The summed E-state index contributed by atoms with van der Waals surface area (Å²) in [5.41, 5.74) is 5.38. The minimum Gasteiger partial charge on any atom is -0.494 e. The van der Waals surface area contributed by atoms with Crippen LogP contribution in [0.1, 0.15) is 50.8 Å². The number of fused-ring (bicyclic) bond motifs is 4. The van der Waals surface area contributed by atoms with Gasteiger partial charge in [-0.15, -0.1) is 0 Å². The summed E-state index contributed by atoms with van der Waals surface area (Å²) < 4.78 is 5.62. The van der Waals surface area contributed by atoms with Gasteiger partial charge in [-0.2, -0.15) is 0 Å². The van der Waals surface area contributed by atoms with E-state index in [9.17, 15) is 4.79 Å². The van der Waals surface area contributed by atoms with Crippen LogP contribution in [-0.4, -0.2) is 12.4 Å². The number of carbonyl (C=O) groups is 1. The van der Waals surface area contributed by atoms with Crippen molar-refractivity contribution in [1.82, 2.24) is 0 Å². The Hall–Kier alpha value is -3.07. The second-order valence-electron chi connectivity index (χ2n) is 9.13. The van der Waals surface area contributed by atoms with E-state index >= 15 is 0 Å². The van der Waals surface area contributed by atoms with E-state index in [4.69, 9.17) is 4.74 Å². The maximum absolute atomic E-state index is 13.5. The molecule has 3 heteroatoms. The predicted molar refractivity (Wildman–Crippen MR) is 123 cm³/mol. The van der Waals surface area contributed by atoms with Crippen molar-refractivity contribution in [2.45, 2.75) is 39.7 Å². The summed E-state index contributed by atoms with van der Waals surface area (Å²) in [7, 11) is 0. The van der Waals surface area contributed by atoms with Gasteiger partial charge in [-0.3, -0.25) is 4.79 Å². The first-order valence-electron chi connectivity index (χ1n) is 10.7. The van der Waals surface area contributed by atoms with Gasteiger partial charge < -0.3 is 10.1 Å². The highest BCUT2D eigenvalue weighted by Gasteiger charge is 2.40. The fourth-order valence-corrected chi connectivity index (χ4v) is 5.03. The summed E-state index contributed by atoms with van der Waals surface area (Å²) >= 11 is 0. The van der Waals surface area contributed by atoms with Crippen molar-refractivity contribution in [3.63, 3.8) is 0 Å². The number of hydrogen-bond donors (Lipinski definition) is 1. The Morgan fingerprint density at radius 1 is 1.00 bits per heavy atom. The molecule has 1 atom stereocenters. The molecule has 0 saturated carbocycles. The number of nitrogens with one attached hydrogen (secondary N) is 1. The van der Waals surface area contributed by atoms with Crippen LogP contribution in [0.15, 0.2) is 66.2 Å². The fraction of sp³-hybridized carbons (Fsp3) is 0.296. The molecule has 3 aromatic carbocycles. The first kappa shape index (κ1) is 18.9. The third-order valence-corrected chi connectivity index (χ3v) is 6.26. The molecule has 0 fully saturated rings. The molecule has 0 saturated heterocycles. The Labute approximate surface area is 177 Å². The van der Waals surface area contributed by atoms with Crippen molar-refractivity contribution in [2.24, 2.45) is 5.41 Å². The normalized spacial score (nSPS) is 19.8. The largest absolute Gasteiger partial charge is 0.494 e. The Balaban J connectivity index is 1.71. The summed E-state index contributed by atoms with van der Waals surface area (Å²) in [5.74, 6) is 1.13. The highest BCUT2D eigenvalue weighted by molar-refractivity contribution is 6.28. The maximum atomic E-state index is 13.5. The SMILES string of the molecule is CCOc1ccc([C@@H]2Nc3ccc4ccccc4c3C3=C2CC(C)(C)CC3=O)cc1. The van der Waals surface area contributed by atoms with Crippen molar-refractivity contribution >= 4 is 27.8 Å². The molecule has 0 bridgehead atoms. The van der Waals surface area contributed by atoms with E-state index in [0.29, 0.717) is 13.0 Å². The van der Waals surface area contributed by atoms with Gasteiger partial charge in [0.05, 0.1) is 12.6 Å². The smallest absolute Gasteiger partial charge is 0.164 e. The molecule has 1 aliphatic carbocycles. The number of anilines is 1. The van der Waals surface area contributed by atoms with Gasteiger partial charge in [-0.25, -0.2) is 0 Å². The predicted octanol–water partition coefficient (Wildman–Crippen LogP) is 6.55. The number of allylic oxidation sites excluding steroid dienone is 1. The van der Waals surface area contributed by atoms with Crippen molar-refractivity contribution in [2.75, 3.05) is 11.9 Å². The number of hydrogen-bond acceptors (Lipinski definition) is 3. The number of carbonyl (C=O) groups excluding carboxylic acids is 1. The number of rotatable bonds is 3. The Morgan fingerprint density at radius 2 is 1.77 bits per heavy atom. The van der Waals surface area contributed by atoms with Crippen molar-refractivity contribution in [3.8, 4) is 5.75 Å². The summed E-state index contributed by atoms with van der Waals surface area (Å²) in [6.07, 6.45) is 1.49. The lowest BCUT2D eigenvalue weighted by molar-refractivity contribution is -0.116. The van der Waals surface area contributed by atoms with Gasteiger partial charge in [0.1, 0.15) is 5.75 Å². The molecule has 0 unspecified atom stereocenters. The second kappa shape index (κ2) is 7.02. The number of ether oxygens (including phenoxy) is 1. The Morgan fingerprint density at radius 3 is 2.53 bits per heavy atom. The topological polar surface area (TPSA) is 38.3 Å². The second-order valence-corrected chi connectivity index (χ2v) is 9.13. The maximum Gasteiger partial charge on any atom is 0.164 e. The van der Waals surface area contributed by atoms with E-state index in [1.54, 1.807) is 0 Å². The molecular formula is C27H27NO2. The zero-order valence-corrected chi connectivity index (χ0v) is 17.8. The van der Waals surface area contributed by atoms with E-state index in [-0.39, 0.29) is 17.2 Å². The van der Waals surface area contributed by atoms with E-state index in [2.05, 4.69) is 67.7 Å². The molecular weight excluding hydrogens is 370 g/mol. The summed E-state index contributed by atoms with van der Waals surface area (Å²) in [5, 5.41) is 6.08. The molecule has 30 heavy (non-hydrogen) atoms. The molecule has 0 amide bonds. The van der Waals surface area contributed by atoms with Gasteiger partial charge >= 0.3 is 0 Å². The summed E-state index contributed by atoms with van der Waals surface area (Å²) in [6, 6.07) is 20.9. The van der Waals surface area contributed by atoms with Crippen LogP contribution in [0.5, 0.6) is 5.75 Å². The van der Waals surface area contributed by atoms with Gasteiger partial charge in [0.2, 0.25) is 0 Å². The quantitative estimate of drug-likeness (QED) is 0.545. The monoisotopic (exact) mass is 397 g/mol. The van der Waals surface area contributed by atoms with Crippen LogP contribution in [0, 0.1) is 5.41 Å². The van der Waals surface area contributed by atoms with Crippen molar-refractivity contribution in [3.05, 3.63) is 77.4 Å². The lowest BCUT2D eigenvalue weighted by atomic mass is 9.68. The van der Waals surface area contributed by atoms with Crippen LogP contribution in [-0.2, 0) is 4.79 Å². The zero-order valence-electron chi connectivity index (χ0n) is 17.8. The molecule has 1 N–H and O–H groups in total. The van der Waals surface area contributed by atoms with Gasteiger partial charge in [0.15, 0.2) is 5.78 Å². The molecule has 1 aliphatic heterocycles. The number of ketones is 1. The van der Waals surface area contributed by atoms with Gasteiger partial charge in [-0.05, 0) is 58.9 Å². The molecule has 2 aliphatic rings. The lowest BCUT2D eigenvalue weighted by Crippen LogP contribution is -2.32. The molecule has 3 aromatic rings. The average Bonchev–Trinajstić information content (AvgIpc) is 2.73. The van der Waals surface area contributed by atoms with E-state index in [1.807, 2.05) is 19.1 Å². The molecule has 0 radical (unpaired) electrons. The van der Waals surface area contributed by atoms with Gasteiger partial charge in [0, 0.05) is 23.2 Å². The van der Waals surface area contributed by atoms with Crippen LogP contribution in [0.25, 0.3) is 16.3 Å². The molecule has 3 nitrogen and oxygen atoms in total. The third-order valence-electron chi connectivity index (χ3n) is 6.26. The van der Waals surface area contributed by atoms with Crippen LogP contribution in [0.3, 0.4) is 0 Å². The Bertz CT molecular complexity index is 1170. The van der Waals surface area contributed by atoms with Gasteiger partial charge in [-0.1, -0.05) is 56.3 Å². The lowest BCUT2D eigenvalue weighted by Gasteiger charge is -2.40. The number of benzene rings is 3. The average molecular weight is 398 g/mol. The van der Waals surface area contributed by atoms with E-state index in [1.165, 1.54) is 11.0 Å². The number of Topliss-reactive ketones (excluding diaryl/α,β-unsaturated/α-hetero) is 1. The van der Waals surface area contributed by atoms with Crippen molar-refractivity contribution in [1.29, 1.82) is 0 Å². The van der Waals surface area contributed by atoms with Crippen molar-refractivity contribution < 1.29 is 9.53 Å². The first-order valence-corrected chi connectivity index (χ1v) is 10.7. The standard InChI is InChI=1S/C27H27NO2/c1-4-30-19-12-9-18(10-13-19)26-21-15-27(2,3)16-23(29)25(21)24-20-8-6-5-7-17(20)11-14-22(24)28-26/h5-14,26,28H,4,15-16H2,1-3H3/t26-/m0/s1.